The minimum absolute atomic E-state index is 0.297. The lowest BCUT2D eigenvalue weighted by Gasteiger charge is -2.28. The second-order valence-corrected chi connectivity index (χ2v) is 6.30. The predicted octanol–water partition coefficient (Wildman–Crippen LogP) is 3.94. The highest BCUT2D eigenvalue weighted by atomic mass is 35.5. The van der Waals surface area contributed by atoms with Gasteiger partial charge in [-0.3, -0.25) is 0 Å². The second kappa shape index (κ2) is 5.95. The molecule has 0 saturated heterocycles. The molecule has 4 nitrogen and oxygen atoms in total. The SMILES string of the molecule is CCCNc1ncc(Cl)c(NC2CCCC2(C)C)n1. The smallest absolute Gasteiger partial charge is 0.224 e. The number of halogens is 1. The van der Waals surface area contributed by atoms with Crippen LogP contribution in [0.25, 0.3) is 0 Å². The van der Waals surface area contributed by atoms with Crippen LogP contribution in [0.15, 0.2) is 6.20 Å². The van der Waals surface area contributed by atoms with Gasteiger partial charge in [0.2, 0.25) is 5.95 Å². The molecule has 1 unspecified atom stereocenters. The largest absolute Gasteiger partial charge is 0.365 e. The van der Waals surface area contributed by atoms with Gasteiger partial charge in [0, 0.05) is 12.6 Å². The Balaban J connectivity index is 2.10. The van der Waals surface area contributed by atoms with Gasteiger partial charge < -0.3 is 10.6 Å². The Morgan fingerprint density at radius 2 is 2.26 bits per heavy atom. The van der Waals surface area contributed by atoms with E-state index in [1.807, 2.05) is 0 Å². The Morgan fingerprint density at radius 1 is 1.47 bits per heavy atom. The summed E-state index contributed by atoms with van der Waals surface area (Å²) in [6, 6.07) is 0.430. The van der Waals surface area contributed by atoms with Gasteiger partial charge in [0.1, 0.15) is 5.02 Å². The van der Waals surface area contributed by atoms with Crippen molar-refractivity contribution in [2.75, 3.05) is 17.2 Å². The molecule has 1 heterocycles. The molecular weight excluding hydrogens is 260 g/mol. The monoisotopic (exact) mass is 282 g/mol. The summed E-state index contributed by atoms with van der Waals surface area (Å²) in [5, 5.41) is 7.27. The average Bonchev–Trinajstić information content (AvgIpc) is 2.70. The summed E-state index contributed by atoms with van der Waals surface area (Å²) < 4.78 is 0. The van der Waals surface area contributed by atoms with Crippen molar-refractivity contribution in [3.8, 4) is 0 Å². The predicted molar refractivity (Wildman–Crippen MR) is 80.9 cm³/mol. The lowest BCUT2D eigenvalue weighted by Crippen LogP contribution is -2.31. The molecule has 1 aliphatic carbocycles. The van der Waals surface area contributed by atoms with Crippen LogP contribution in [0.5, 0.6) is 0 Å². The molecule has 1 aliphatic rings. The topological polar surface area (TPSA) is 49.8 Å². The molecule has 2 N–H and O–H groups in total. The van der Waals surface area contributed by atoms with E-state index >= 15 is 0 Å². The third-order valence-electron chi connectivity index (χ3n) is 3.85. The van der Waals surface area contributed by atoms with Gasteiger partial charge in [0.25, 0.3) is 0 Å². The summed E-state index contributed by atoms with van der Waals surface area (Å²) >= 11 is 6.19. The lowest BCUT2D eigenvalue weighted by atomic mass is 9.87. The summed E-state index contributed by atoms with van der Waals surface area (Å²) in [4.78, 5) is 8.67. The van der Waals surface area contributed by atoms with E-state index < -0.39 is 0 Å². The van der Waals surface area contributed by atoms with Gasteiger partial charge in [-0.25, -0.2) is 4.98 Å². The summed E-state index contributed by atoms with van der Waals surface area (Å²) in [5.41, 5.74) is 0.297. The number of rotatable bonds is 5. The van der Waals surface area contributed by atoms with Crippen LogP contribution in [0.4, 0.5) is 11.8 Å². The van der Waals surface area contributed by atoms with Crippen molar-refractivity contribution in [2.24, 2.45) is 5.41 Å². The van der Waals surface area contributed by atoms with Gasteiger partial charge in [-0.2, -0.15) is 4.98 Å². The van der Waals surface area contributed by atoms with Crippen LogP contribution in [0.3, 0.4) is 0 Å². The van der Waals surface area contributed by atoms with Crippen molar-refractivity contribution in [3.63, 3.8) is 0 Å². The lowest BCUT2D eigenvalue weighted by molar-refractivity contribution is 0.349. The van der Waals surface area contributed by atoms with Crippen molar-refractivity contribution in [1.82, 2.24) is 9.97 Å². The number of aromatic nitrogens is 2. The zero-order valence-corrected chi connectivity index (χ0v) is 12.7. The van der Waals surface area contributed by atoms with E-state index in [-0.39, 0.29) is 0 Å². The van der Waals surface area contributed by atoms with Crippen molar-refractivity contribution >= 4 is 23.4 Å². The maximum atomic E-state index is 6.19. The molecule has 1 aromatic heterocycles. The van der Waals surface area contributed by atoms with Crippen LogP contribution in [0.1, 0.15) is 46.5 Å². The summed E-state index contributed by atoms with van der Waals surface area (Å²) in [7, 11) is 0. The van der Waals surface area contributed by atoms with Crippen LogP contribution in [0.2, 0.25) is 5.02 Å². The number of nitrogens with zero attached hydrogens (tertiary/aromatic N) is 2. The second-order valence-electron chi connectivity index (χ2n) is 5.89. The first kappa shape index (κ1) is 14.4. The molecule has 19 heavy (non-hydrogen) atoms. The fourth-order valence-corrected chi connectivity index (χ4v) is 2.70. The van der Waals surface area contributed by atoms with Crippen molar-refractivity contribution in [2.45, 2.75) is 52.5 Å². The molecule has 5 heteroatoms. The van der Waals surface area contributed by atoms with Gasteiger partial charge in [-0.1, -0.05) is 38.8 Å². The van der Waals surface area contributed by atoms with E-state index in [9.17, 15) is 0 Å². The molecule has 0 amide bonds. The molecule has 0 bridgehead atoms. The fraction of sp³-hybridized carbons (Fsp3) is 0.714. The summed E-state index contributed by atoms with van der Waals surface area (Å²) in [5.74, 6) is 1.39. The highest BCUT2D eigenvalue weighted by molar-refractivity contribution is 6.32. The number of hydrogen-bond donors (Lipinski definition) is 2. The zero-order chi connectivity index (χ0) is 13.9. The molecule has 106 valence electrons. The molecular formula is C14H23ClN4. The zero-order valence-electron chi connectivity index (χ0n) is 12.0. The van der Waals surface area contributed by atoms with Gasteiger partial charge >= 0.3 is 0 Å². The minimum atomic E-state index is 0.297. The highest BCUT2D eigenvalue weighted by Gasteiger charge is 2.34. The maximum absolute atomic E-state index is 6.19. The van der Waals surface area contributed by atoms with E-state index in [4.69, 9.17) is 11.6 Å². The summed E-state index contributed by atoms with van der Waals surface area (Å²) in [6.45, 7) is 7.57. The molecule has 0 spiro atoms. The Hall–Kier alpha value is -1.03. The number of nitrogens with one attached hydrogen (secondary N) is 2. The van der Waals surface area contributed by atoms with Crippen molar-refractivity contribution < 1.29 is 0 Å². The normalized spacial score (nSPS) is 21.4. The molecule has 1 fully saturated rings. The molecule has 1 aromatic rings. The molecule has 0 aliphatic heterocycles. The molecule has 0 radical (unpaired) electrons. The average molecular weight is 283 g/mol. The van der Waals surface area contributed by atoms with Gasteiger partial charge in [-0.15, -0.1) is 0 Å². The third-order valence-corrected chi connectivity index (χ3v) is 4.12. The Bertz CT molecular complexity index is 433. The fourth-order valence-electron chi connectivity index (χ4n) is 2.55. The van der Waals surface area contributed by atoms with Gasteiger partial charge in [0.05, 0.1) is 6.20 Å². The van der Waals surface area contributed by atoms with Crippen LogP contribution in [-0.4, -0.2) is 22.6 Å². The number of hydrogen-bond acceptors (Lipinski definition) is 4. The van der Waals surface area contributed by atoms with E-state index in [0.717, 1.165) is 18.8 Å². The molecule has 1 saturated carbocycles. The first-order valence-corrected chi connectivity index (χ1v) is 7.43. The van der Waals surface area contributed by atoms with Gasteiger partial charge in [0.15, 0.2) is 5.82 Å². The minimum Gasteiger partial charge on any atom is -0.365 e. The molecule has 1 atom stereocenters. The van der Waals surface area contributed by atoms with Crippen molar-refractivity contribution in [3.05, 3.63) is 11.2 Å². The van der Waals surface area contributed by atoms with Crippen LogP contribution < -0.4 is 10.6 Å². The first-order chi connectivity index (χ1) is 9.03. The Labute approximate surface area is 120 Å². The standard InChI is InChI=1S/C14H23ClN4/c1-4-8-16-13-17-9-10(15)12(19-13)18-11-6-5-7-14(11,2)3/h9,11H,4-8H2,1-3H3,(H2,16,17,18,19). The number of anilines is 2. The maximum Gasteiger partial charge on any atom is 0.224 e. The van der Waals surface area contributed by atoms with Crippen LogP contribution in [-0.2, 0) is 0 Å². The Kier molecular flexibility index (Phi) is 4.50. The summed E-state index contributed by atoms with van der Waals surface area (Å²) in [6.07, 6.45) is 6.38. The first-order valence-electron chi connectivity index (χ1n) is 7.06. The van der Waals surface area contributed by atoms with E-state index in [1.165, 1.54) is 19.3 Å². The molecule has 0 aromatic carbocycles. The van der Waals surface area contributed by atoms with E-state index in [2.05, 4.69) is 41.4 Å². The third kappa shape index (κ3) is 3.50. The van der Waals surface area contributed by atoms with Crippen molar-refractivity contribution in [1.29, 1.82) is 0 Å². The quantitative estimate of drug-likeness (QED) is 0.859. The highest BCUT2D eigenvalue weighted by Crippen LogP contribution is 2.39. The molecule has 2 rings (SSSR count). The van der Waals surface area contributed by atoms with E-state index in [0.29, 0.717) is 22.4 Å². The van der Waals surface area contributed by atoms with Gasteiger partial charge in [-0.05, 0) is 24.7 Å². The Morgan fingerprint density at radius 3 is 2.89 bits per heavy atom. The van der Waals surface area contributed by atoms with Crippen LogP contribution in [0, 0.1) is 5.41 Å². The van der Waals surface area contributed by atoms with Crippen LogP contribution >= 0.6 is 11.6 Å². The van der Waals surface area contributed by atoms with E-state index in [1.54, 1.807) is 6.20 Å².